The number of alkyl halides is 1. The van der Waals surface area contributed by atoms with Crippen LogP contribution < -0.4 is 0 Å². The Labute approximate surface area is 163 Å². The molecule has 0 amide bonds. The maximum absolute atomic E-state index is 15.7. The van der Waals surface area contributed by atoms with Gasteiger partial charge in [-0.25, -0.2) is 4.39 Å². The number of hydrogen-bond donors (Lipinski definition) is 0. The van der Waals surface area contributed by atoms with Crippen LogP contribution in [0.1, 0.15) is 70.8 Å². The standard InChI is InChI=1S/C24H35FO2/c1-3-8-18-11-13-19(14-12-18)21-15-16-24(27-4-2,22(17-26)23(21)25)20-9-6-5-7-10-20/h5-7,9-10,17-19,21-23H,3-4,8,11-16H2,1-2H3. The normalized spacial score (nSPS) is 37.1. The topological polar surface area (TPSA) is 26.3 Å². The summed E-state index contributed by atoms with van der Waals surface area (Å²) in [6.07, 6.45) is 8.49. The van der Waals surface area contributed by atoms with Crippen molar-refractivity contribution in [3.8, 4) is 0 Å². The lowest BCUT2D eigenvalue weighted by molar-refractivity contribution is -0.161. The van der Waals surface area contributed by atoms with E-state index in [2.05, 4.69) is 6.92 Å². The first kappa shape index (κ1) is 20.5. The van der Waals surface area contributed by atoms with Crippen LogP contribution in [0.5, 0.6) is 0 Å². The monoisotopic (exact) mass is 374 g/mol. The van der Waals surface area contributed by atoms with E-state index in [1.54, 1.807) is 0 Å². The summed E-state index contributed by atoms with van der Waals surface area (Å²) in [4.78, 5) is 12.1. The van der Waals surface area contributed by atoms with Crippen LogP contribution in [0.15, 0.2) is 30.3 Å². The molecule has 4 unspecified atom stereocenters. The zero-order valence-corrected chi connectivity index (χ0v) is 16.9. The van der Waals surface area contributed by atoms with Crippen molar-refractivity contribution in [3.63, 3.8) is 0 Å². The molecule has 3 rings (SSSR count). The van der Waals surface area contributed by atoms with Crippen LogP contribution in [0.2, 0.25) is 0 Å². The van der Waals surface area contributed by atoms with Crippen LogP contribution in [0.4, 0.5) is 4.39 Å². The quantitative estimate of drug-likeness (QED) is 0.540. The lowest BCUT2D eigenvalue weighted by atomic mass is 9.61. The molecule has 0 N–H and O–H groups in total. The second-order valence-electron chi connectivity index (χ2n) is 8.57. The van der Waals surface area contributed by atoms with Crippen molar-refractivity contribution in [3.05, 3.63) is 35.9 Å². The van der Waals surface area contributed by atoms with E-state index in [1.807, 2.05) is 37.3 Å². The van der Waals surface area contributed by atoms with Gasteiger partial charge < -0.3 is 9.53 Å². The zero-order valence-electron chi connectivity index (χ0n) is 16.9. The summed E-state index contributed by atoms with van der Waals surface area (Å²) >= 11 is 0. The number of benzene rings is 1. The maximum Gasteiger partial charge on any atom is 0.129 e. The van der Waals surface area contributed by atoms with Crippen LogP contribution in [-0.4, -0.2) is 19.1 Å². The molecule has 3 heteroatoms. The first-order valence-electron chi connectivity index (χ1n) is 10.9. The molecule has 0 saturated heterocycles. The van der Waals surface area contributed by atoms with E-state index >= 15 is 4.39 Å². The second-order valence-corrected chi connectivity index (χ2v) is 8.57. The Morgan fingerprint density at radius 3 is 2.41 bits per heavy atom. The minimum Gasteiger partial charge on any atom is -0.370 e. The van der Waals surface area contributed by atoms with E-state index < -0.39 is 17.7 Å². The highest BCUT2D eigenvalue weighted by atomic mass is 19.1. The van der Waals surface area contributed by atoms with Crippen molar-refractivity contribution in [1.82, 2.24) is 0 Å². The molecule has 2 saturated carbocycles. The molecular formula is C24H35FO2. The molecule has 0 aliphatic heterocycles. The van der Waals surface area contributed by atoms with Crippen LogP contribution in [0.25, 0.3) is 0 Å². The molecule has 0 spiro atoms. The van der Waals surface area contributed by atoms with Gasteiger partial charge in [-0.3, -0.25) is 0 Å². The van der Waals surface area contributed by atoms with Crippen molar-refractivity contribution in [2.45, 2.75) is 77.0 Å². The number of aldehydes is 1. The minimum absolute atomic E-state index is 0.0000647. The van der Waals surface area contributed by atoms with Gasteiger partial charge in [-0.05, 0) is 55.9 Å². The third-order valence-corrected chi connectivity index (χ3v) is 7.14. The van der Waals surface area contributed by atoms with Crippen molar-refractivity contribution in [1.29, 1.82) is 0 Å². The Hall–Kier alpha value is -1.22. The summed E-state index contributed by atoms with van der Waals surface area (Å²) < 4.78 is 21.9. The molecule has 2 nitrogen and oxygen atoms in total. The predicted molar refractivity (Wildman–Crippen MR) is 107 cm³/mol. The fraction of sp³-hybridized carbons (Fsp3) is 0.708. The van der Waals surface area contributed by atoms with Crippen LogP contribution in [0, 0.1) is 23.7 Å². The zero-order chi connectivity index (χ0) is 19.3. The molecule has 0 heterocycles. The van der Waals surface area contributed by atoms with Gasteiger partial charge in [-0.2, -0.15) is 0 Å². The predicted octanol–water partition coefficient (Wildman–Crippen LogP) is 6.09. The largest absolute Gasteiger partial charge is 0.370 e. The van der Waals surface area contributed by atoms with Gasteiger partial charge >= 0.3 is 0 Å². The van der Waals surface area contributed by atoms with E-state index in [0.29, 0.717) is 12.5 Å². The summed E-state index contributed by atoms with van der Waals surface area (Å²) in [5.74, 6) is 0.527. The second kappa shape index (κ2) is 9.32. The molecule has 27 heavy (non-hydrogen) atoms. The summed E-state index contributed by atoms with van der Waals surface area (Å²) in [5, 5.41) is 0. The Kier molecular flexibility index (Phi) is 7.08. The van der Waals surface area contributed by atoms with Gasteiger partial charge in [0.2, 0.25) is 0 Å². The molecule has 4 atom stereocenters. The van der Waals surface area contributed by atoms with Gasteiger partial charge in [0, 0.05) is 6.61 Å². The lowest BCUT2D eigenvalue weighted by Gasteiger charge is -2.49. The highest BCUT2D eigenvalue weighted by Crippen LogP contribution is 2.51. The molecule has 0 bridgehead atoms. The molecule has 0 radical (unpaired) electrons. The minimum atomic E-state index is -1.12. The molecule has 1 aromatic carbocycles. The Morgan fingerprint density at radius 1 is 1.11 bits per heavy atom. The molecule has 150 valence electrons. The molecular weight excluding hydrogens is 339 g/mol. The van der Waals surface area contributed by atoms with Gasteiger partial charge in [0.25, 0.3) is 0 Å². The Morgan fingerprint density at radius 2 is 1.81 bits per heavy atom. The summed E-state index contributed by atoms with van der Waals surface area (Å²) in [5.41, 5.74) is 0.129. The van der Waals surface area contributed by atoms with Gasteiger partial charge in [0.05, 0.1) is 5.92 Å². The molecule has 1 aromatic rings. The van der Waals surface area contributed by atoms with Crippen molar-refractivity contribution >= 4 is 6.29 Å². The summed E-state index contributed by atoms with van der Waals surface area (Å²) in [7, 11) is 0. The average molecular weight is 375 g/mol. The fourth-order valence-corrected chi connectivity index (χ4v) is 5.79. The molecule has 2 aliphatic rings. The first-order valence-corrected chi connectivity index (χ1v) is 10.9. The Balaban J connectivity index is 1.78. The number of carbonyl (C=O) groups is 1. The van der Waals surface area contributed by atoms with Gasteiger partial charge in [-0.15, -0.1) is 0 Å². The van der Waals surface area contributed by atoms with Crippen molar-refractivity contribution < 1.29 is 13.9 Å². The molecule has 2 aliphatic carbocycles. The van der Waals surface area contributed by atoms with Crippen LogP contribution >= 0.6 is 0 Å². The van der Waals surface area contributed by atoms with Gasteiger partial charge in [-0.1, -0.05) is 62.9 Å². The first-order chi connectivity index (χ1) is 13.2. The smallest absolute Gasteiger partial charge is 0.129 e. The SMILES string of the molecule is CCCC1CCC(C2CCC(OCC)(c3ccccc3)C(C=O)C2F)CC1. The third-order valence-electron chi connectivity index (χ3n) is 7.14. The number of rotatable bonds is 7. The van der Waals surface area contributed by atoms with Crippen molar-refractivity contribution in [2.24, 2.45) is 23.7 Å². The van der Waals surface area contributed by atoms with Crippen LogP contribution in [0.3, 0.4) is 0 Å². The van der Waals surface area contributed by atoms with E-state index in [9.17, 15) is 4.79 Å². The highest BCUT2D eigenvalue weighted by molar-refractivity contribution is 5.59. The third kappa shape index (κ3) is 4.13. The molecule has 0 aromatic heterocycles. The van der Waals surface area contributed by atoms with E-state index in [0.717, 1.165) is 43.5 Å². The van der Waals surface area contributed by atoms with Gasteiger partial charge in [0.15, 0.2) is 0 Å². The fourth-order valence-electron chi connectivity index (χ4n) is 5.79. The highest BCUT2D eigenvalue weighted by Gasteiger charge is 2.53. The Bertz CT molecular complexity index is 581. The maximum atomic E-state index is 15.7. The van der Waals surface area contributed by atoms with Gasteiger partial charge in [0.1, 0.15) is 18.1 Å². The average Bonchev–Trinajstić information content (AvgIpc) is 2.70. The van der Waals surface area contributed by atoms with Crippen molar-refractivity contribution in [2.75, 3.05) is 6.61 Å². The van der Waals surface area contributed by atoms with E-state index in [-0.39, 0.29) is 5.92 Å². The number of hydrogen-bond acceptors (Lipinski definition) is 2. The van der Waals surface area contributed by atoms with Crippen LogP contribution in [-0.2, 0) is 15.1 Å². The number of ether oxygens (including phenoxy) is 1. The number of halogens is 1. The lowest BCUT2D eigenvalue weighted by Crippen LogP contribution is -2.52. The van der Waals surface area contributed by atoms with E-state index in [1.165, 1.54) is 25.7 Å². The number of carbonyl (C=O) groups excluding carboxylic acids is 1. The van der Waals surface area contributed by atoms with E-state index in [4.69, 9.17) is 4.74 Å². The summed E-state index contributed by atoms with van der Waals surface area (Å²) in [6.45, 7) is 4.66. The molecule has 2 fully saturated rings. The summed E-state index contributed by atoms with van der Waals surface area (Å²) in [6, 6.07) is 9.81.